The maximum Gasteiger partial charge on any atom is 0.191 e. The molecule has 4 nitrogen and oxygen atoms in total. The normalized spacial score (nSPS) is 11.3. The average Bonchev–Trinajstić information content (AvgIpc) is 2.62. The van der Waals surface area contributed by atoms with E-state index >= 15 is 0 Å². The van der Waals surface area contributed by atoms with Crippen LogP contribution >= 0.6 is 0 Å². The lowest BCUT2D eigenvalue weighted by Gasteiger charge is -2.19. The summed E-state index contributed by atoms with van der Waals surface area (Å²) in [7, 11) is 0. The van der Waals surface area contributed by atoms with E-state index in [-0.39, 0.29) is 0 Å². The zero-order valence-electron chi connectivity index (χ0n) is 14.6. The van der Waals surface area contributed by atoms with Gasteiger partial charge in [-0.15, -0.1) is 0 Å². The van der Waals surface area contributed by atoms with Gasteiger partial charge < -0.3 is 15.4 Å². The van der Waals surface area contributed by atoms with Gasteiger partial charge in [0, 0.05) is 19.6 Å². The van der Waals surface area contributed by atoms with Crippen LogP contribution in [0.5, 0.6) is 5.75 Å². The molecule has 2 aromatic rings. The van der Waals surface area contributed by atoms with Crippen LogP contribution in [0.4, 0.5) is 0 Å². The number of hydrogen-bond acceptors (Lipinski definition) is 2. The zero-order valence-corrected chi connectivity index (χ0v) is 14.6. The molecule has 0 aliphatic rings. The summed E-state index contributed by atoms with van der Waals surface area (Å²) in [4.78, 5) is 6.52. The van der Waals surface area contributed by atoms with Gasteiger partial charge in [-0.1, -0.05) is 42.5 Å². The second kappa shape index (κ2) is 9.60. The molecule has 0 amide bonds. The van der Waals surface area contributed by atoms with E-state index in [2.05, 4.69) is 48.0 Å². The maximum atomic E-state index is 6.00. The molecule has 0 bridgehead atoms. The van der Waals surface area contributed by atoms with Crippen molar-refractivity contribution in [2.24, 2.45) is 10.7 Å². The topological polar surface area (TPSA) is 50.8 Å². The molecule has 0 saturated carbocycles. The number of rotatable bonds is 8. The van der Waals surface area contributed by atoms with E-state index in [1.54, 1.807) is 0 Å². The Hall–Kier alpha value is -2.49. The lowest BCUT2D eigenvalue weighted by atomic mass is 10.1. The van der Waals surface area contributed by atoms with Crippen LogP contribution in [0.2, 0.25) is 0 Å². The summed E-state index contributed by atoms with van der Waals surface area (Å²) in [5, 5.41) is 0. The van der Waals surface area contributed by atoms with Crippen molar-refractivity contribution < 1.29 is 4.74 Å². The van der Waals surface area contributed by atoms with Gasteiger partial charge in [-0.25, -0.2) is 0 Å². The highest BCUT2D eigenvalue weighted by molar-refractivity contribution is 5.77. The molecule has 2 rings (SSSR count). The molecule has 2 aromatic carbocycles. The number of guanidine groups is 1. The molecule has 128 valence electrons. The molecule has 0 unspecified atom stereocenters. The van der Waals surface area contributed by atoms with Crippen LogP contribution in [0.15, 0.2) is 59.6 Å². The summed E-state index contributed by atoms with van der Waals surface area (Å²) in [6.45, 7) is 7.20. The third-order valence-electron chi connectivity index (χ3n) is 3.91. The van der Waals surface area contributed by atoms with E-state index in [9.17, 15) is 0 Å². The third kappa shape index (κ3) is 5.61. The molecule has 24 heavy (non-hydrogen) atoms. The van der Waals surface area contributed by atoms with E-state index in [1.807, 2.05) is 30.3 Å². The van der Waals surface area contributed by atoms with Crippen molar-refractivity contribution >= 4 is 5.96 Å². The molecular weight excluding hydrogens is 298 g/mol. The van der Waals surface area contributed by atoms with E-state index < -0.39 is 0 Å². The van der Waals surface area contributed by atoms with Crippen LogP contribution in [0, 0.1) is 0 Å². The summed E-state index contributed by atoms with van der Waals surface area (Å²) in [5.41, 5.74) is 8.37. The lowest BCUT2D eigenvalue weighted by Crippen LogP contribution is -2.37. The van der Waals surface area contributed by atoms with Gasteiger partial charge in [0.2, 0.25) is 0 Å². The van der Waals surface area contributed by atoms with Crippen LogP contribution in [0.1, 0.15) is 25.0 Å². The van der Waals surface area contributed by atoms with Gasteiger partial charge in [0.05, 0.1) is 0 Å². The van der Waals surface area contributed by atoms with E-state index in [0.717, 1.165) is 25.3 Å². The van der Waals surface area contributed by atoms with Gasteiger partial charge in [0.1, 0.15) is 12.4 Å². The van der Waals surface area contributed by atoms with Crippen LogP contribution in [0.25, 0.3) is 0 Å². The number of nitrogens with zero attached hydrogens (tertiary/aromatic N) is 2. The number of benzene rings is 2. The van der Waals surface area contributed by atoms with Gasteiger partial charge in [-0.2, -0.15) is 0 Å². The second-order valence-corrected chi connectivity index (χ2v) is 5.58. The van der Waals surface area contributed by atoms with E-state index in [4.69, 9.17) is 10.5 Å². The molecule has 0 saturated heterocycles. The summed E-state index contributed by atoms with van der Waals surface area (Å²) in [5.74, 6) is 1.51. The third-order valence-corrected chi connectivity index (χ3v) is 3.91. The van der Waals surface area contributed by atoms with Gasteiger partial charge >= 0.3 is 0 Å². The van der Waals surface area contributed by atoms with Crippen molar-refractivity contribution in [2.75, 3.05) is 19.6 Å². The first kappa shape index (κ1) is 17.9. The largest absolute Gasteiger partial charge is 0.489 e. The van der Waals surface area contributed by atoms with Crippen LogP contribution in [-0.2, 0) is 13.0 Å². The van der Waals surface area contributed by atoms with Crippen molar-refractivity contribution in [2.45, 2.75) is 26.9 Å². The Bertz CT molecular complexity index is 636. The Labute approximate surface area is 145 Å². The highest BCUT2D eigenvalue weighted by atomic mass is 16.5. The summed E-state index contributed by atoms with van der Waals surface area (Å²) in [6, 6.07) is 18.4. The van der Waals surface area contributed by atoms with Gasteiger partial charge in [-0.05, 0) is 43.5 Å². The standard InChI is InChI=1S/C20H27N3O/c1-3-23(4-2)20(21)22-14-13-17-11-8-12-19(15-17)24-16-18-9-6-5-7-10-18/h5-12,15H,3-4,13-14,16H2,1-2H3,(H2,21,22). The van der Waals surface area contributed by atoms with Crippen molar-refractivity contribution in [3.8, 4) is 5.75 Å². The fourth-order valence-corrected chi connectivity index (χ4v) is 2.48. The van der Waals surface area contributed by atoms with E-state index in [1.165, 1.54) is 11.1 Å². The fourth-order valence-electron chi connectivity index (χ4n) is 2.48. The first-order valence-corrected chi connectivity index (χ1v) is 8.53. The smallest absolute Gasteiger partial charge is 0.191 e. The Morgan fingerprint density at radius 3 is 2.42 bits per heavy atom. The summed E-state index contributed by atoms with van der Waals surface area (Å²) in [6.07, 6.45) is 0.852. The minimum absolute atomic E-state index is 0.581. The molecule has 0 radical (unpaired) electrons. The molecule has 0 heterocycles. The van der Waals surface area contributed by atoms with Crippen LogP contribution in [0.3, 0.4) is 0 Å². The van der Waals surface area contributed by atoms with Gasteiger partial charge in [0.15, 0.2) is 5.96 Å². The lowest BCUT2D eigenvalue weighted by molar-refractivity contribution is 0.306. The van der Waals surface area contributed by atoms with Crippen molar-refractivity contribution in [1.29, 1.82) is 0 Å². The number of nitrogens with two attached hydrogens (primary N) is 1. The molecule has 0 aliphatic heterocycles. The molecule has 0 spiro atoms. The van der Waals surface area contributed by atoms with Gasteiger partial charge in [0.25, 0.3) is 0 Å². The molecular formula is C20H27N3O. The zero-order chi connectivity index (χ0) is 17.2. The van der Waals surface area contributed by atoms with Crippen LogP contribution < -0.4 is 10.5 Å². The van der Waals surface area contributed by atoms with Crippen LogP contribution in [-0.4, -0.2) is 30.5 Å². The predicted octanol–water partition coefficient (Wildman–Crippen LogP) is 3.46. The molecule has 4 heteroatoms. The SMILES string of the molecule is CCN(CC)C(N)=NCCc1cccc(OCc2ccccc2)c1. The quantitative estimate of drug-likeness (QED) is 0.597. The Morgan fingerprint density at radius 2 is 1.71 bits per heavy atom. The summed E-state index contributed by atoms with van der Waals surface area (Å²) >= 11 is 0. The predicted molar refractivity (Wildman–Crippen MR) is 100 cm³/mol. The Balaban J connectivity index is 1.87. The average molecular weight is 325 g/mol. The number of hydrogen-bond donors (Lipinski definition) is 1. The Morgan fingerprint density at radius 1 is 1.00 bits per heavy atom. The molecule has 0 atom stereocenters. The minimum Gasteiger partial charge on any atom is -0.489 e. The van der Waals surface area contributed by atoms with Crippen molar-refractivity contribution in [3.63, 3.8) is 0 Å². The molecule has 2 N–H and O–H groups in total. The molecule has 0 aromatic heterocycles. The summed E-state index contributed by atoms with van der Waals surface area (Å²) < 4.78 is 5.86. The molecule has 0 aliphatic carbocycles. The number of ether oxygens (including phenoxy) is 1. The molecule has 0 fully saturated rings. The van der Waals surface area contributed by atoms with Crippen molar-refractivity contribution in [3.05, 3.63) is 65.7 Å². The first-order valence-electron chi connectivity index (χ1n) is 8.53. The minimum atomic E-state index is 0.581. The monoisotopic (exact) mass is 325 g/mol. The Kier molecular flexibility index (Phi) is 7.15. The van der Waals surface area contributed by atoms with Crippen molar-refractivity contribution in [1.82, 2.24) is 4.90 Å². The van der Waals surface area contributed by atoms with E-state index in [0.29, 0.717) is 19.1 Å². The first-order chi connectivity index (χ1) is 11.7. The fraction of sp³-hybridized carbons (Fsp3) is 0.350. The second-order valence-electron chi connectivity index (χ2n) is 5.58. The van der Waals surface area contributed by atoms with Gasteiger partial charge in [-0.3, -0.25) is 4.99 Å². The highest BCUT2D eigenvalue weighted by Crippen LogP contribution is 2.15. The maximum absolute atomic E-state index is 6.00. The number of aliphatic imine (C=N–C) groups is 1. The highest BCUT2D eigenvalue weighted by Gasteiger charge is 2.02.